The molecule has 0 spiro atoms. The predicted molar refractivity (Wildman–Crippen MR) is 104 cm³/mol. The monoisotopic (exact) mass is 386 g/mol. The minimum absolute atomic E-state index is 0.352. The van der Waals surface area contributed by atoms with E-state index in [1.165, 1.54) is 0 Å². The van der Waals surface area contributed by atoms with Crippen molar-refractivity contribution < 1.29 is 13.6 Å². The maximum Gasteiger partial charge on any atom is 0.288 e. The molecule has 0 bridgehead atoms. The Hall–Kier alpha value is -2.58. The fourth-order valence-corrected chi connectivity index (χ4v) is 3.39. The summed E-state index contributed by atoms with van der Waals surface area (Å²) in [5.41, 5.74) is 1.15. The first-order valence-electron chi connectivity index (χ1n) is 9.05. The van der Waals surface area contributed by atoms with E-state index in [1.807, 2.05) is 19.1 Å². The molecule has 1 aliphatic heterocycles. The van der Waals surface area contributed by atoms with Gasteiger partial charge < -0.3 is 18.5 Å². The molecule has 0 unspecified atom stereocenters. The molecule has 8 heteroatoms. The van der Waals surface area contributed by atoms with Crippen LogP contribution in [0.25, 0.3) is 11.7 Å². The Kier molecular flexibility index (Phi) is 5.26. The van der Waals surface area contributed by atoms with Gasteiger partial charge in [0.25, 0.3) is 10.7 Å². The van der Waals surface area contributed by atoms with Gasteiger partial charge in [0, 0.05) is 26.2 Å². The summed E-state index contributed by atoms with van der Waals surface area (Å²) in [6.45, 7) is 6.92. The average Bonchev–Trinajstić information content (AvgIpc) is 3.34. The predicted octanol–water partition coefficient (Wildman–Crippen LogP) is 3.64. The number of rotatable bonds is 6. The van der Waals surface area contributed by atoms with Gasteiger partial charge in [-0.3, -0.25) is 4.90 Å². The van der Waals surface area contributed by atoms with E-state index < -0.39 is 0 Å². The molecule has 0 atom stereocenters. The fourth-order valence-electron chi connectivity index (χ4n) is 3.21. The molecule has 142 valence electrons. The van der Waals surface area contributed by atoms with E-state index in [0.717, 1.165) is 37.6 Å². The largest absolute Gasteiger partial charge is 0.492 e. The zero-order chi connectivity index (χ0) is 18.6. The highest BCUT2D eigenvalue weighted by atomic mass is 32.1. The Morgan fingerprint density at radius 2 is 1.93 bits per heavy atom. The van der Waals surface area contributed by atoms with Gasteiger partial charge in [0.1, 0.15) is 5.75 Å². The van der Waals surface area contributed by atoms with Crippen molar-refractivity contribution in [3.8, 4) is 17.4 Å². The lowest BCUT2D eigenvalue weighted by Crippen LogP contribution is -2.47. The summed E-state index contributed by atoms with van der Waals surface area (Å²) in [5.74, 6) is 1.93. The fraction of sp³-hybridized carbons (Fsp3) is 0.368. The number of benzene rings is 1. The molecule has 7 nitrogen and oxygen atoms in total. The number of furan rings is 1. The van der Waals surface area contributed by atoms with Crippen LogP contribution in [0.3, 0.4) is 0 Å². The van der Waals surface area contributed by atoms with Crippen LogP contribution < -0.4 is 9.64 Å². The first kappa shape index (κ1) is 17.8. The second kappa shape index (κ2) is 7.98. The minimum Gasteiger partial charge on any atom is -0.492 e. The maximum atomic E-state index is 5.76. The van der Waals surface area contributed by atoms with E-state index in [0.29, 0.717) is 29.8 Å². The molecule has 0 amide bonds. The number of nitrogens with zero attached hydrogens (tertiary/aromatic N) is 4. The molecule has 1 fully saturated rings. The van der Waals surface area contributed by atoms with E-state index >= 15 is 0 Å². The van der Waals surface area contributed by atoms with Crippen LogP contribution in [-0.4, -0.2) is 47.5 Å². The van der Waals surface area contributed by atoms with Gasteiger partial charge in [-0.05, 0) is 43.4 Å². The van der Waals surface area contributed by atoms with Gasteiger partial charge in [-0.1, -0.05) is 12.1 Å². The smallest absolute Gasteiger partial charge is 0.288 e. The molecule has 3 aromatic rings. The lowest BCUT2D eigenvalue weighted by molar-refractivity contribution is 0.191. The SMILES string of the molecule is CCOc1ccccc1N1CCN(Cn2nc(-c3ccco3)oc2=S)CC1. The number of aromatic nitrogens is 2. The topological polar surface area (TPSA) is 59.8 Å². The molecule has 2 aromatic heterocycles. The van der Waals surface area contributed by atoms with Crippen LogP contribution >= 0.6 is 12.2 Å². The second-order valence-corrected chi connectivity index (χ2v) is 6.65. The van der Waals surface area contributed by atoms with Crippen LogP contribution in [0, 0.1) is 4.84 Å². The Balaban J connectivity index is 1.40. The van der Waals surface area contributed by atoms with E-state index in [1.54, 1.807) is 23.1 Å². The molecule has 0 aliphatic carbocycles. The second-order valence-electron chi connectivity index (χ2n) is 6.30. The van der Waals surface area contributed by atoms with Gasteiger partial charge in [0.2, 0.25) is 0 Å². The third-order valence-corrected chi connectivity index (χ3v) is 4.84. The molecular formula is C19H22N4O3S. The minimum atomic E-state index is 0.352. The van der Waals surface area contributed by atoms with Gasteiger partial charge in [-0.25, -0.2) is 4.68 Å². The number of anilines is 1. The van der Waals surface area contributed by atoms with Crippen LogP contribution in [-0.2, 0) is 6.67 Å². The summed E-state index contributed by atoms with van der Waals surface area (Å²) in [5, 5.41) is 4.44. The van der Waals surface area contributed by atoms with Crippen molar-refractivity contribution in [2.75, 3.05) is 37.7 Å². The first-order valence-corrected chi connectivity index (χ1v) is 9.46. The van der Waals surface area contributed by atoms with Crippen molar-refractivity contribution >= 4 is 17.9 Å². The first-order chi connectivity index (χ1) is 13.2. The molecule has 1 saturated heterocycles. The van der Waals surface area contributed by atoms with Crippen molar-refractivity contribution in [2.45, 2.75) is 13.6 Å². The van der Waals surface area contributed by atoms with Crippen molar-refractivity contribution in [1.82, 2.24) is 14.7 Å². The third-order valence-electron chi connectivity index (χ3n) is 4.55. The van der Waals surface area contributed by atoms with E-state index in [2.05, 4.69) is 27.0 Å². The zero-order valence-electron chi connectivity index (χ0n) is 15.2. The van der Waals surface area contributed by atoms with E-state index in [4.69, 9.17) is 25.8 Å². The van der Waals surface area contributed by atoms with Crippen LogP contribution in [0.15, 0.2) is 51.5 Å². The molecular weight excluding hydrogens is 364 g/mol. The summed E-state index contributed by atoms with van der Waals surface area (Å²) in [6, 6.07) is 11.8. The lowest BCUT2D eigenvalue weighted by Gasteiger charge is -2.36. The van der Waals surface area contributed by atoms with Crippen LogP contribution in [0.4, 0.5) is 5.69 Å². The lowest BCUT2D eigenvalue weighted by atomic mass is 10.2. The normalized spacial score (nSPS) is 15.2. The number of hydrogen-bond donors (Lipinski definition) is 0. The quantitative estimate of drug-likeness (QED) is 0.599. The Morgan fingerprint density at radius 3 is 2.67 bits per heavy atom. The van der Waals surface area contributed by atoms with Gasteiger partial charge in [0.15, 0.2) is 5.76 Å². The van der Waals surface area contributed by atoms with Gasteiger partial charge in [-0.2, -0.15) is 0 Å². The highest BCUT2D eigenvalue weighted by Crippen LogP contribution is 2.29. The summed E-state index contributed by atoms with van der Waals surface area (Å²) in [4.78, 5) is 5.02. The van der Waals surface area contributed by atoms with E-state index in [9.17, 15) is 0 Å². The molecule has 27 heavy (non-hydrogen) atoms. The Morgan fingerprint density at radius 1 is 1.11 bits per heavy atom. The summed E-state index contributed by atoms with van der Waals surface area (Å²) >= 11 is 5.30. The number of hydrogen-bond acceptors (Lipinski definition) is 7. The van der Waals surface area contributed by atoms with Crippen molar-refractivity contribution in [3.63, 3.8) is 0 Å². The molecule has 1 aromatic carbocycles. The summed E-state index contributed by atoms with van der Waals surface area (Å²) in [7, 11) is 0. The Labute approximate surface area is 162 Å². The molecule has 0 radical (unpaired) electrons. The third kappa shape index (κ3) is 3.91. The molecule has 0 N–H and O–H groups in total. The molecule has 1 aliphatic rings. The highest BCUT2D eigenvalue weighted by Gasteiger charge is 2.21. The van der Waals surface area contributed by atoms with Crippen LogP contribution in [0.2, 0.25) is 0 Å². The van der Waals surface area contributed by atoms with Crippen molar-refractivity contribution in [1.29, 1.82) is 0 Å². The average molecular weight is 386 g/mol. The van der Waals surface area contributed by atoms with Crippen LogP contribution in [0.5, 0.6) is 5.75 Å². The summed E-state index contributed by atoms with van der Waals surface area (Å²) < 4.78 is 18.3. The van der Waals surface area contributed by atoms with Gasteiger partial charge in [0.05, 0.1) is 25.2 Å². The highest BCUT2D eigenvalue weighted by molar-refractivity contribution is 7.71. The van der Waals surface area contributed by atoms with E-state index in [-0.39, 0.29) is 0 Å². The summed E-state index contributed by atoms with van der Waals surface area (Å²) in [6.07, 6.45) is 1.59. The van der Waals surface area contributed by atoms with Crippen LogP contribution in [0.1, 0.15) is 6.92 Å². The molecule has 4 rings (SSSR count). The standard InChI is InChI=1S/C19H22N4O3S/c1-2-24-16-7-4-3-6-15(16)22-11-9-21(10-12-22)14-23-19(27)26-18(20-23)17-8-5-13-25-17/h3-8,13H,2,9-12,14H2,1H3. The van der Waals surface area contributed by atoms with Gasteiger partial charge >= 0.3 is 0 Å². The zero-order valence-corrected chi connectivity index (χ0v) is 16.0. The molecule has 0 saturated carbocycles. The van der Waals surface area contributed by atoms with Crippen molar-refractivity contribution in [3.05, 3.63) is 47.5 Å². The van der Waals surface area contributed by atoms with Gasteiger partial charge in [-0.15, -0.1) is 5.10 Å². The Bertz CT molecular complexity index is 927. The molecule has 3 heterocycles. The number of ether oxygens (including phenoxy) is 1. The number of para-hydroxylation sites is 2. The number of piperazine rings is 1. The van der Waals surface area contributed by atoms with Crippen molar-refractivity contribution in [2.24, 2.45) is 0 Å². The maximum absolute atomic E-state index is 5.76.